The minimum Gasteiger partial charge on any atom is -0.371 e. The molecule has 2 aromatic rings. The lowest BCUT2D eigenvalue weighted by Crippen LogP contribution is -2.36. The average Bonchev–Trinajstić information content (AvgIpc) is 2.83. The molecule has 0 bridgehead atoms. The number of nitrogens with one attached hydrogen (secondary N) is 1. The van der Waals surface area contributed by atoms with Crippen LogP contribution in [0.15, 0.2) is 24.3 Å². The summed E-state index contributed by atoms with van der Waals surface area (Å²) in [5, 5.41) is 3.88. The highest BCUT2D eigenvalue weighted by atomic mass is 32.1. The number of nitrogens with zero attached hydrogens (tertiary/aromatic N) is 1. The van der Waals surface area contributed by atoms with Crippen molar-refractivity contribution in [2.75, 3.05) is 6.54 Å². The molecule has 0 saturated heterocycles. The summed E-state index contributed by atoms with van der Waals surface area (Å²) < 4.78 is 5.80. The summed E-state index contributed by atoms with van der Waals surface area (Å²) in [6.07, 6.45) is 0.884. The second kappa shape index (κ2) is 5.95. The van der Waals surface area contributed by atoms with Gasteiger partial charge in [0.1, 0.15) is 4.88 Å². The number of carbonyl (C=O) groups is 1. The monoisotopic (exact) mass is 302 g/mol. The molecule has 1 unspecified atom stereocenters. The largest absolute Gasteiger partial charge is 0.371 e. The summed E-state index contributed by atoms with van der Waals surface area (Å²) in [6, 6.07) is 8.29. The molecular formula is C16H18N2O2S. The first-order chi connectivity index (χ1) is 10.1. The Bertz CT molecular complexity index is 666. The average molecular weight is 302 g/mol. The molecule has 1 aliphatic rings. The number of carbonyl (C=O) groups excluding carboxylic acids is 1. The Morgan fingerprint density at radius 3 is 2.86 bits per heavy atom. The zero-order valence-electron chi connectivity index (χ0n) is 12.2. The van der Waals surface area contributed by atoms with Crippen molar-refractivity contribution in [2.24, 2.45) is 0 Å². The van der Waals surface area contributed by atoms with Gasteiger partial charge < -0.3 is 10.1 Å². The fraction of sp³-hybridized carbons (Fsp3) is 0.375. The molecule has 1 N–H and O–H groups in total. The van der Waals surface area contributed by atoms with Crippen molar-refractivity contribution < 1.29 is 9.53 Å². The lowest BCUT2D eigenvalue weighted by atomic mass is 9.99. The number of hydrogen-bond donors (Lipinski definition) is 1. The number of benzene rings is 1. The minimum absolute atomic E-state index is 0.0400. The zero-order chi connectivity index (χ0) is 14.8. The highest BCUT2D eigenvalue weighted by molar-refractivity contribution is 7.13. The third kappa shape index (κ3) is 3.14. The van der Waals surface area contributed by atoms with Gasteiger partial charge in [-0.3, -0.25) is 4.79 Å². The quantitative estimate of drug-likeness (QED) is 0.948. The smallest absolute Gasteiger partial charge is 0.263 e. The predicted octanol–water partition coefficient (Wildman–Crippen LogP) is 2.63. The first-order valence-corrected chi connectivity index (χ1v) is 7.85. The molecule has 5 heteroatoms. The lowest BCUT2D eigenvalue weighted by molar-refractivity contribution is 0.0285. The van der Waals surface area contributed by atoms with Crippen LogP contribution in [0.2, 0.25) is 0 Å². The van der Waals surface area contributed by atoms with Crippen LogP contribution >= 0.6 is 11.3 Å². The van der Waals surface area contributed by atoms with E-state index in [1.54, 1.807) is 0 Å². The van der Waals surface area contributed by atoms with Gasteiger partial charge in [-0.05, 0) is 25.0 Å². The molecule has 110 valence electrons. The van der Waals surface area contributed by atoms with Crippen LogP contribution in [0.25, 0.3) is 0 Å². The van der Waals surface area contributed by atoms with E-state index in [0.717, 1.165) is 17.1 Å². The van der Waals surface area contributed by atoms with E-state index >= 15 is 0 Å². The summed E-state index contributed by atoms with van der Waals surface area (Å²) in [7, 11) is 0. The third-order valence-electron chi connectivity index (χ3n) is 3.64. The number of thiazole rings is 1. The van der Waals surface area contributed by atoms with Crippen LogP contribution in [0.5, 0.6) is 0 Å². The maximum Gasteiger partial charge on any atom is 0.263 e. The van der Waals surface area contributed by atoms with E-state index in [2.05, 4.69) is 22.4 Å². The molecule has 0 radical (unpaired) electrons. The van der Waals surface area contributed by atoms with Gasteiger partial charge in [0.15, 0.2) is 0 Å². The fourth-order valence-corrected chi connectivity index (χ4v) is 3.41. The van der Waals surface area contributed by atoms with E-state index in [4.69, 9.17) is 4.74 Å². The molecule has 1 amide bonds. The van der Waals surface area contributed by atoms with Crippen molar-refractivity contribution in [3.63, 3.8) is 0 Å². The Kier molecular flexibility index (Phi) is 4.03. The molecule has 2 heterocycles. The van der Waals surface area contributed by atoms with E-state index < -0.39 is 0 Å². The van der Waals surface area contributed by atoms with E-state index in [1.807, 2.05) is 26.0 Å². The fourth-order valence-electron chi connectivity index (χ4n) is 2.57. The molecule has 1 aliphatic heterocycles. The first kappa shape index (κ1) is 14.2. The number of hydrogen-bond acceptors (Lipinski definition) is 4. The van der Waals surface area contributed by atoms with Crippen LogP contribution in [0.1, 0.15) is 31.5 Å². The van der Waals surface area contributed by atoms with Crippen molar-refractivity contribution in [2.45, 2.75) is 33.0 Å². The van der Waals surface area contributed by atoms with Gasteiger partial charge >= 0.3 is 0 Å². The number of aryl methyl sites for hydroxylation is 2. The number of fused-ring (bicyclic) bond motifs is 1. The van der Waals surface area contributed by atoms with Crippen molar-refractivity contribution in [1.29, 1.82) is 0 Å². The summed E-state index contributed by atoms with van der Waals surface area (Å²) in [5.41, 5.74) is 3.35. The maximum atomic E-state index is 12.2. The van der Waals surface area contributed by atoms with Crippen LogP contribution < -0.4 is 5.32 Å². The van der Waals surface area contributed by atoms with Gasteiger partial charge in [0, 0.05) is 13.0 Å². The van der Waals surface area contributed by atoms with Crippen molar-refractivity contribution in [3.05, 3.63) is 51.0 Å². The molecule has 1 aromatic heterocycles. The molecule has 0 aliphatic carbocycles. The molecule has 1 atom stereocenters. The number of rotatable bonds is 3. The molecule has 1 aromatic carbocycles. The van der Waals surface area contributed by atoms with Crippen LogP contribution in [-0.2, 0) is 17.8 Å². The second-order valence-electron chi connectivity index (χ2n) is 5.26. The van der Waals surface area contributed by atoms with E-state index in [0.29, 0.717) is 18.0 Å². The Hall–Kier alpha value is -1.72. The topological polar surface area (TPSA) is 51.2 Å². The Morgan fingerprint density at radius 1 is 1.38 bits per heavy atom. The highest BCUT2D eigenvalue weighted by Crippen LogP contribution is 2.20. The molecule has 0 fully saturated rings. The van der Waals surface area contributed by atoms with Gasteiger partial charge in [-0.2, -0.15) is 0 Å². The second-order valence-corrected chi connectivity index (χ2v) is 6.47. The maximum absolute atomic E-state index is 12.2. The molecule has 0 saturated carbocycles. The summed E-state index contributed by atoms with van der Waals surface area (Å²) >= 11 is 1.43. The first-order valence-electron chi connectivity index (χ1n) is 7.04. The third-order valence-corrected chi connectivity index (χ3v) is 4.71. The van der Waals surface area contributed by atoms with Crippen LogP contribution in [0, 0.1) is 13.8 Å². The van der Waals surface area contributed by atoms with Crippen molar-refractivity contribution in [1.82, 2.24) is 10.3 Å². The van der Waals surface area contributed by atoms with Crippen molar-refractivity contribution in [3.8, 4) is 0 Å². The lowest BCUT2D eigenvalue weighted by Gasteiger charge is -2.25. The van der Waals surface area contributed by atoms with Crippen LogP contribution in [-0.4, -0.2) is 23.5 Å². The van der Waals surface area contributed by atoms with Crippen LogP contribution in [0.3, 0.4) is 0 Å². The number of amides is 1. The Labute approximate surface area is 128 Å². The summed E-state index contributed by atoms with van der Waals surface area (Å²) in [5.74, 6) is -0.0550. The molecule has 0 spiro atoms. The zero-order valence-corrected chi connectivity index (χ0v) is 13.0. The van der Waals surface area contributed by atoms with Gasteiger partial charge in [0.25, 0.3) is 5.91 Å². The minimum atomic E-state index is -0.0550. The summed E-state index contributed by atoms with van der Waals surface area (Å²) in [6.45, 7) is 4.93. The molecule has 21 heavy (non-hydrogen) atoms. The predicted molar refractivity (Wildman–Crippen MR) is 82.6 cm³/mol. The van der Waals surface area contributed by atoms with Gasteiger partial charge in [-0.15, -0.1) is 11.3 Å². The molecule has 4 nitrogen and oxygen atoms in total. The number of ether oxygens (including phenoxy) is 1. The molecular weight excluding hydrogens is 284 g/mol. The van der Waals surface area contributed by atoms with Gasteiger partial charge in [-0.1, -0.05) is 24.3 Å². The van der Waals surface area contributed by atoms with Gasteiger partial charge in [-0.25, -0.2) is 4.98 Å². The number of aromatic nitrogens is 1. The van der Waals surface area contributed by atoms with Gasteiger partial charge in [0.2, 0.25) is 0 Å². The summed E-state index contributed by atoms with van der Waals surface area (Å²) in [4.78, 5) is 17.2. The van der Waals surface area contributed by atoms with E-state index in [-0.39, 0.29) is 12.0 Å². The normalized spacial score (nSPS) is 17.3. The Balaban J connectivity index is 1.59. The van der Waals surface area contributed by atoms with Crippen LogP contribution in [0.4, 0.5) is 0 Å². The van der Waals surface area contributed by atoms with E-state index in [1.165, 1.54) is 22.5 Å². The molecule has 3 rings (SSSR count). The van der Waals surface area contributed by atoms with Gasteiger partial charge in [0.05, 0.1) is 23.4 Å². The van der Waals surface area contributed by atoms with E-state index in [9.17, 15) is 4.79 Å². The van der Waals surface area contributed by atoms with Crippen molar-refractivity contribution >= 4 is 17.2 Å². The highest BCUT2D eigenvalue weighted by Gasteiger charge is 2.20. The standard InChI is InChI=1S/C16H18N2O2S/c1-10-15(21-11(2)18-10)16(19)17-8-14-7-12-5-3-4-6-13(12)9-20-14/h3-6,14H,7-9H2,1-2H3,(H,17,19). The SMILES string of the molecule is Cc1nc(C)c(C(=O)NCC2Cc3ccccc3CO2)s1. The Morgan fingerprint density at radius 2 is 2.14 bits per heavy atom.